The highest BCUT2D eigenvalue weighted by Gasteiger charge is 2.06. The van der Waals surface area contributed by atoms with E-state index in [1.807, 2.05) is 25.1 Å². The first-order valence-electron chi connectivity index (χ1n) is 7.36. The number of nitrogens with zero attached hydrogens (tertiary/aromatic N) is 2. The summed E-state index contributed by atoms with van der Waals surface area (Å²) in [7, 11) is 0. The Morgan fingerprint density at radius 2 is 2.00 bits per heavy atom. The van der Waals surface area contributed by atoms with Crippen LogP contribution in [0.15, 0.2) is 30.3 Å². The zero-order valence-corrected chi connectivity index (χ0v) is 13.6. The summed E-state index contributed by atoms with van der Waals surface area (Å²) in [6.07, 6.45) is 1.98. The van der Waals surface area contributed by atoms with Crippen LogP contribution in [-0.4, -0.2) is 15.8 Å². The number of benzene rings is 1. The molecule has 0 aliphatic carbocycles. The number of halogens is 1. The van der Waals surface area contributed by atoms with Crippen molar-refractivity contribution in [2.75, 3.05) is 11.2 Å². The molecule has 0 unspecified atom stereocenters. The summed E-state index contributed by atoms with van der Waals surface area (Å²) in [5.74, 6) is 1.74. The summed E-state index contributed by atoms with van der Waals surface area (Å²) in [6, 6.07) is 10.4. The lowest BCUT2D eigenvalue weighted by molar-refractivity contribution is 0.812. The largest absolute Gasteiger partial charge is 0.324 e. The van der Waals surface area contributed by atoms with E-state index in [1.165, 1.54) is 5.56 Å². The van der Waals surface area contributed by atoms with Crippen LogP contribution in [-0.2, 0) is 6.42 Å². The molecule has 2 aromatic rings. The Morgan fingerprint density at radius 3 is 2.71 bits per heavy atom. The highest BCUT2D eigenvalue weighted by atomic mass is 35.5. The minimum atomic E-state index is 0.391. The van der Waals surface area contributed by atoms with Crippen molar-refractivity contribution in [3.05, 3.63) is 47.3 Å². The molecule has 0 saturated carbocycles. The fraction of sp³-hybridized carbons (Fsp3) is 0.412. The Balaban J connectivity index is 2.17. The van der Waals surface area contributed by atoms with Crippen molar-refractivity contribution in [1.29, 1.82) is 0 Å². The van der Waals surface area contributed by atoms with Crippen LogP contribution in [0.2, 0.25) is 0 Å². The topological polar surface area (TPSA) is 37.8 Å². The standard InChI is InChI=1S/C17H22ClN3/c1-12(2)16-10-13(3)19-17(21-16)20-15-8-4-6-14(11-15)7-5-9-18/h4,6,8,10-12H,5,7,9H2,1-3H3,(H,19,20,21). The number of aryl methyl sites for hydroxylation is 2. The molecule has 112 valence electrons. The molecule has 1 aromatic carbocycles. The van der Waals surface area contributed by atoms with Crippen molar-refractivity contribution in [1.82, 2.24) is 9.97 Å². The Hall–Kier alpha value is -1.61. The van der Waals surface area contributed by atoms with Gasteiger partial charge in [-0.05, 0) is 49.4 Å². The molecule has 0 spiro atoms. The van der Waals surface area contributed by atoms with E-state index in [4.69, 9.17) is 11.6 Å². The normalized spacial score (nSPS) is 10.9. The molecule has 0 atom stereocenters. The van der Waals surface area contributed by atoms with Crippen molar-refractivity contribution in [3.8, 4) is 0 Å². The van der Waals surface area contributed by atoms with Crippen molar-refractivity contribution < 1.29 is 0 Å². The Kier molecular flexibility index (Phi) is 5.57. The number of rotatable bonds is 6. The maximum Gasteiger partial charge on any atom is 0.227 e. The second-order valence-corrected chi connectivity index (χ2v) is 5.91. The van der Waals surface area contributed by atoms with Gasteiger partial charge in [-0.3, -0.25) is 0 Å². The number of alkyl halides is 1. The summed E-state index contributed by atoms with van der Waals surface area (Å²) < 4.78 is 0. The summed E-state index contributed by atoms with van der Waals surface area (Å²) in [5, 5.41) is 3.30. The van der Waals surface area contributed by atoms with Gasteiger partial charge in [-0.25, -0.2) is 9.97 Å². The molecule has 0 fully saturated rings. The first kappa shape index (κ1) is 15.8. The molecule has 1 aromatic heterocycles. The molecule has 0 amide bonds. The Morgan fingerprint density at radius 1 is 1.19 bits per heavy atom. The fourth-order valence-corrected chi connectivity index (χ4v) is 2.28. The van der Waals surface area contributed by atoms with Gasteiger partial charge in [-0.2, -0.15) is 0 Å². The van der Waals surface area contributed by atoms with E-state index in [0.717, 1.165) is 29.9 Å². The number of aromatic nitrogens is 2. The van der Waals surface area contributed by atoms with Gasteiger partial charge in [-0.15, -0.1) is 11.6 Å². The molecule has 0 aliphatic rings. The van der Waals surface area contributed by atoms with E-state index >= 15 is 0 Å². The lowest BCUT2D eigenvalue weighted by Gasteiger charge is -2.11. The van der Waals surface area contributed by atoms with Gasteiger partial charge in [0.2, 0.25) is 5.95 Å². The molecule has 0 aliphatic heterocycles. The predicted octanol–water partition coefficient (Wildman–Crippen LogP) is 4.82. The Labute approximate surface area is 131 Å². The smallest absolute Gasteiger partial charge is 0.227 e. The zero-order chi connectivity index (χ0) is 15.2. The van der Waals surface area contributed by atoms with E-state index in [2.05, 4.69) is 41.3 Å². The van der Waals surface area contributed by atoms with Crippen molar-refractivity contribution in [3.63, 3.8) is 0 Å². The first-order valence-corrected chi connectivity index (χ1v) is 7.89. The Bertz CT molecular complexity index is 596. The fourth-order valence-electron chi connectivity index (χ4n) is 2.15. The van der Waals surface area contributed by atoms with E-state index in [-0.39, 0.29) is 0 Å². The molecule has 1 N–H and O–H groups in total. The lowest BCUT2D eigenvalue weighted by Crippen LogP contribution is -2.03. The van der Waals surface area contributed by atoms with Gasteiger partial charge in [0.1, 0.15) is 0 Å². The molecule has 0 radical (unpaired) electrons. The molecule has 21 heavy (non-hydrogen) atoms. The average molecular weight is 304 g/mol. The quantitative estimate of drug-likeness (QED) is 0.777. The van der Waals surface area contributed by atoms with Crippen LogP contribution in [0.25, 0.3) is 0 Å². The van der Waals surface area contributed by atoms with Gasteiger partial charge in [0.05, 0.1) is 0 Å². The molecule has 2 rings (SSSR count). The third-order valence-electron chi connectivity index (χ3n) is 3.25. The van der Waals surface area contributed by atoms with Crippen LogP contribution in [0.5, 0.6) is 0 Å². The summed E-state index contributed by atoms with van der Waals surface area (Å²) >= 11 is 5.75. The number of hydrogen-bond acceptors (Lipinski definition) is 3. The van der Waals surface area contributed by atoms with E-state index in [0.29, 0.717) is 17.7 Å². The third-order valence-corrected chi connectivity index (χ3v) is 3.52. The lowest BCUT2D eigenvalue weighted by atomic mass is 10.1. The second-order valence-electron chi connectivity index (χ2n) is 5.53. The SMILES string of the molecule is Cc1cc(C(C)C)nc(Nc2cccc(CCCCl)c2)n1. The second kappa shape index (κ2) is 7.41. The van der Waals surface area contributed by atoms with Crippen molar-refractivity contribution in [2.24, 2.45) is 0 Å². The summed E-state index contributed by atoms with van der Waals surface area (Å²) in [5.41, 5.74) is 4.33. The number of nitrogens with one attached hydrogen (secondary N) is 1. The molecular weight excluding hydrogens is 282 g/mol. The summed E-state index contributed by atoms with van der Waals surface area (Å²) in [4.78, 5) is 9.04. The molecule has 1 heterocycles. The zero-order valence-electron chi connectivity index (χ0n) is 12.9. The molecular formula is C17H22ClN3. The molecule has 3 nitrogen and oxygen atoms in total. The van der Waals surface area contributed by atoms with Crippen LogP contribution in [0.1, 0.15) is 43.1 Å². The van der Waals surface area contributed by atoms with Crippen molar-refractivity contribution >= 4 is 23.2 Å². The van der Waals surface area contributed by atoms with Crippen molar-refractivity contribution in [2.45, 2.75) is 39.5 Å². The highest BCUT2D eigenvalue weighted by Crippen LogP contribution is 2.19. The van der Waals surface area contributed by atoms with Crippen LogP contribution in [0, 0.1) is 6.92 Å². The first-order chi connectivity index (χ1) is 10.1. The van der Waals surface area contributed by atoms with Gasteiger partial charge in [0.25, 0.3) is 0 Å². The van der Waals surface area contributed by atoms with Crippen LogP contribution in [0.4, 0.5) is 11.6 Å². The van der Waals surface area contributed by atoms with Gasteiger partial charge in [0.15, 0.2) is 0 Å². The van der Waals surface area contributed by atoms with Gasteiger partial charge in [0, 0.05) is 23.0 Å². The van der Waals surface area contributed by atoms with Gasteiger partial charge < -0.3 is 5.32 Å². The maximum atomic E-state index is 5.75. The van der Waals surface area contributed by atoms with Gasteiger partial charge in [-0.1, -0.05) is 26.0 Å². The molecule has 0 saturated heterocycles. The van der Waals surface area contributed by atoms with E-state index in [9.17, 15) is 0 Å². The van der Waals surface area contributed by atoms with Gasteiger partial charge >= 0.3 is 0 Å². The maximum absolute atomic E-state index is 5.75. The van der Waals surface area contributed by atoms with E-state index in [1.54, 1.807) is 0 Å². The predicted molar refractivity (Wildman–Crippen MR) is 89.6 cm³/mol. The van der Waals surface area contributed by atoms with Crippen LogP contribution in [0.3, 0.4) is 0 Å². The van der Waals surface area contributed by atoms with E-state index < -0.39 is 0 Å². The monoisotopic (exact) mass is 303 g/mol. The third kappa shape index (κ3) is 4.71. The van der Waals surface area contributed by atoms with Crippen LogP contribution < -0.4 is 5.32 Å². The molecule has 0 bridgehead atoms. The van der Waals surface area contributed by atoms with Crippen LogP contribution >= 0.6 is 11.6 Å². The summed E-state index contributed by atoms with van der Waals surface area (Å²) in [6.45, 7) is 6.27. The number of hydrogen-bond donors (Lipinski definition) is 1. The minimum absolute atomic E-state index is 0.391. The number of anilines is 2. The average Bonchev–Trinajstić information content (AvgIpc) is 2.45. The molecule has 4 heteroatoms. The highest BCUT2D eigenvalue weighted by molar-refractivity contribution is 6.17. The minimum Gasteiger partial charge on any atom is -0.324 e.